The van der Waals surface area contributed by atoms with Gasteiger partial charge in [0.1, 0.15) is 18.0 Å². The Labute approximate surface area is 97.5 Å². The first-order valence-corrected chi connectivity index (χ1v) is 5.14. The molecule has 0 spiro atoms. The minimum atomic E-state index is -0.567. The van der Waals surface area contributed by atoms with Crippen LogP contribution in [0.4, 0.5) is 8.78 Å². The molecule has 0 fully saturated rings. The van der Waals surface area contributed by atoms with E-state index in [9.17, 15) is 8.78 Å². The third kappa shape index (κ3) is 3.29. The van der Waals surface area contributed by atoms with E-state index in [-0.39, 0.29) is 0 Å². The molecular weight excluding hydrogens is 224 g/mol. The van der Waals surface area contributed by atoms with Crippen molar-refractivity contribution in [3.8, 4) is 0 Å². The van der Waals surface area contributed by atoms with Crippen LogP contribution >= 0.6 is 0 Å². The number of hydrogen-bond acceptors (Lipinski definition) is 3. The maximum Gasteiger partial charge on any atom is 0.130 e. The molecule has 17 heavy (non-hydrogen) atoms. The molecule has 0 aliphatic heterocycles. The summed E-state index contributed by atoms with van der Waals surface area (Å²) >= 11 is 0. The van der Waals surface area contributed by atoms with E-state index < -0.39 is 11.6 Å². The second-order valence-electron chi connectivity index (χ2n) is 3.59. The highest BCUT2D eigenvalue weighted by molar-refractivity contribution is 5.18. The van der Waals surface area contributed by atoms with Gasteiger partial charge in [0.2, 0.25) is 0 Å². The maximum absolute atomic E-state index is 13.3. The SMILES string of the molecule is Fc1ccc(CNCc2cncnc2)c(F)c1. The van der Waals surface area contributed by atoms with Gasteiger partial charge in [-0.1, -0.05) is 6.07 Å². The first kappa shape index (κ1) is 11.6. The van der Waals surface area contributed by atoms with E-state index in [4.69, 9.17) is 0 Å². The molecule has 0 radical (unpaired) electrons. The van der Waals surface area contributed by atoms with E-state index in [0.29, 0.717) is 18.7 Å². The average Bonchev–Trinajstić information content (AvgIpc) is 2.33. The molecule has 1 heterocycles. The topological polar surface area (TPSA) is 37.8 Å². The van der Waals surface area contributed by atoms with E-state index in [1.54, 1.807) is 12.4 Å². The second kappa shape index (κ2) is 5.45. The number of nitrogens with one attached hydrogen (secondary N) is 1. The van der Waals surface area contributed by atoms with Crippen molar-refractivity contribution >= 4 is 0 Å². The summed E-state index contributed by atoms with van der Waals surface area (Å²) in [4.78, 5) is 7.73. The van der Waals surface area contributed by atoms with Gasteiger partial charge < -0.3 is 5.32 Å². The summed E-state index contributed by atoms with van der Waals surface area (Å²) in [5, 5.41) is 3.04. The third-order valence-corrected chi connectivity index (χ3v) is 2.27. The second-order valence-corrected chi connectivity index (χ2v) is 3.59. The highest BCUT2D eigenvalue weighted by Gasteiger charge is 2.03. The summed E-state index contributed by atoms with van der Waals surface area (Å²) < 4.78 is 25.9. The Hall–Kier alpha value is -1.88. The van der Waals surface area contributed by atoms with Crippen LogP contribution in [-0.2, 0) is 13.1 Å². The number of benzene rings is 1. The molecule has 0 aliphatic rings. The van der Waals surface area contributed by atoms with Gasteiger partial charge in [0, 0.05) is 42.7 Å². The van der Waals surface area contributed by atoms with Crippen LogP contribution in [0.15, 0.2) is 36.9 Å². The molecule has 0 amide bonds. The van der Waals surface area contributed by atoms with Crippen molar-refractivity contribution < 1.29 is 8.78 Å². The van der Waals surface area contributed by atoms with Gasteiger partial charge in [-0.3, -0.25) is 0 Å². The molecule has 0 aliphatic carbocycles. The zero-order valence-corrected chi connectivity index (χ0v) is 9.03. The van der Waals surface area contributed by atoms with Gasteiger partial charge >= 0.3 is 0 Å². The summed E-state index contributed by atoms with van der Waals surface area (Å²) in [5.41, 5.74) is 1.35. The lowest BCUT2D eigenvalue weighted by atomic mass is 10.2. The number of halogens is 2. The molecule has 0 unspecified atom stereocenters. The van der Waals surface area contributed by atoms with Crippen LogP contribution < -0.4 is 5.32 Å². The molecule has 3 nitrogen and oxygen atoms in total. The largest absolute Gasteiger partial charge is 0.308 e. The predicted octanol–water partition coefficient (Wildman–Crippen LogP) is 2.04. The minimum Gasteiger partial charge on any atom is -0.308 e. The van der Waals surface area contributed by atoms with Gasteiger partial charge in [-0.25, -0.2) is 18.7 Å². The fourth-order valence-corrected chi connectivity index (χ4v) is 1.43. The summed E-state index contributed by atoms with van der Waals surface area (Å²) in [5.74, 6) is -1.11. The van der Waals surface area contributed by atoms with Gasteiger partial charge in [0.25, 0.3) is 0 Å². The van der Waals surface area contributed by atoms with Crippen LogP contribution in [0.5, 0.6) is 0 Å². The molecule has 2 aromatic rings. The van der Waals surface area contributed by atoms with Gasteiger partial charge in [0.05, 0.1) is 0 Å². The number of aromatic nitrogens is 2. The lowest BCUT2D eigenvalue weighted by Gasteiger charge is -2.05. The Morgan fingerprint density at radius 2 is 1.82 bits per heavy atom. The van der Waals surface area contributed by atoms with Crippen molar-refractivity contribution in [1.82, 2.24) is 15.3 Å². The Bertz CT molecular complexity index is 488. The Balaban J connectivity index is 1.90. The van der Waals surface area contributed by atoms with Crippen molar-refractivity contribution in [2.24, 2.45) is 0 Å². The van der Waals surface area contributed by atoms with Crippen LogP contribution in [0.1, 0.15) is 11.1 Å². The predicted molar refractivity (Wildman–Crippen MR) is 58.9 cm³/mol. The lowest BCUT2D eigenvalue weighted by molar-refractivity contribution is 0.560. The number of rotatable bonds is 4. The van der Waals surface area contributed by atoms with Crippen LogP contribution in [-0.4, -0.2) is 9.97 Å². The smallest absolute Gasteiger partial charge is 0.130 e. The summed E-state index contributed by atoms with van der Waals surface area (Å²) in [7, 11) is 0. The van der Waals surface area contributed by atoms with Gasteiger partial charge in [0.15, 0.2) is 0 Å². The average molecular weight is 235 g/mol. The molecule has 0 atom stereocenters. The zero-order chi connectivity index (χ0) is 12.1. The molecule has 0 saturated heterocycles. The lowest BCUT2D eigenvalue weighted by Crippen LogP contribution is -2.14. The number of nitrogens with zero attached hydrogens (tertiary/aromatic N) is 2. The van der Waals surface area contributed by atoms with E-state index >= 15 is 0 Å². The zero-order valence-electron chi connectivity index (χ0n) is 9.03. The quantitative estimate of drug-likeness (QED) is 0.881. The van der Waals surface area contributed by atoms with Crippen molar-refractivity contribution in [3.05, 3.63) is 59.7 Å². The van der Waals surface area contributed by atoms with Gasteiger partial charge in [-0.05, 0) is 6.07 Å². The van der Waals surface area contributed by atoms with E-state index in [0.717, 1.165) is 11.6 Å². The van der Waals surface area contributed by atoms with Crippen LogP contribution in [0.3, 0.4) is 0 Å². The molecule has 5 heteroatoms. The highest BCUT2D eigenvalue weighted by atomic mass is 19.1. The van der Waals surface area contributed by atoms with Crippen molar-refractivity contribution in [3.63, 3.8) is 0 Å². The first-order chi connectivity index (χ1) is 8.25. The van der Waals surface area contributed by atoms with Crippen LogP contribution in [0.2, 0.25) is 0 Å². The first-order valence-electron chi connectivity index (χ1n) is 5.14. The van der Waals surface area contributed by atoms with E-state index in [2.05, 4.69) is 15.3 Å². The minimum absolute atomic E-state index is 0.334. The normalized spacial score (nSPS) is 10.5. The molecule has 1 aromatic carbocycles. The van der Waals surface area contributed by atoms with E-state index in [1.807, 2.05) is 0 Å². The van der Waals surface area contributed by atoms with E-state index in [1.165, 1.54) is 18.5 Å². The molecule has 1 N–H and O–H groups in total. The Morgan fingerprint density at radius 1 is 1.06 bits per heavy atom. The summed E-state index contributed by atoms with van der Waals surface area (Å²) in [6.45, 7) is 0.874. The third-order valence-electron chi connectivity index (χ3n) is 2.27. The summed E-state index contributed by atoms with van der Waals surface area (Å²) in [6, 6.07) is 3.55. The van der Waals surface area contributed by atoms with Crippen molar-refractivity contribution in [2.45, 2.75) is 13.1 Å². The van der Waals surface area contributed by atoms with Crippen molar-refractivity contribution in [2.75, 3.05) is 0 Å². The molecule has 2 rings (SSSR count). The molecule has 0 saturated carbocycles. The maximum atomic E-state index is 13.3. The fourth-order valence-electron chi connectivity index (χ4n) is 1.43. The van der Waals surface area contributed by atoms with Crippen LogP contribution in [0.25, 0.3) is 0 Å². The van der Waals surface area contributed by atoms with Crippen LogP contribution in [0, 0.1) is 11.6 Å². The number of hydrogen-bond donors (Lipinski definition) is 1. The monoisotopic (exact) mass is 235 g/mol. The summed E-state index contributed by atoms with van der Waals surface area (Å²) in [6.07, 6.45) is 4.81. The molecule has 0 bridgehead atoms. The highest BCUT2D eigenvalue weighted by Crippen LogP contribution is 2.09. The van der Waals surface area contributed by atoms with Gasteiger partial charge in [-0.2, -0.15) is 0 Å². The Morgan fingerprint density at radius 3 is 2.53 bits per heavy atom. The Kier molecular flexibility index (Phi) is 3.72. The molecule has 88 valence electrons. The molecular formula is C12H11F2N3. The standard InChI is InChI=1S/C12H11F2N3/c13-11-2-1-10(12(14)3-11)7-15-4-9-5-16-8-17-6-9/h1-3,5-6,8,15H,4,7H2. The van der Waals surface area contributed by atoms with Gasteiger partial charge in [-0.15, -0.1) is 0 Å². The molecule has 1 aromatic heterocycles. The van der Waals surface area contributed by atoms with Crippen molar-refractivity contribution in [1.29, 1.82) is 0 Å². The fraction of sp³-hybridized carbons (Fsp3) is 0.167.